The van der Waals surface area contributed by atoms with Crippen molar-refractivity contribution in [2.75, 3.05) is 20.1 Å². The normalized spacial score (nSPS) is 32.2. The van der Waals surface area contributed by atoms with Crippen molar-refractivity contribution in [3.05, 3.63) is 0 Å². The van der Waals surface area contributed by atoms with E-state index >= 15 is 0 Å². The molecule has 0 radical (unpaired) electrons. The first-order valence-corrected chi connectivity index (χ1v) is 4.64. The van der Waals surface area contributed by atoms with Gasteiger partial charge in [-0.05, 0) is 51.2 Å². The molecule has 1 heterocycles. The van der Waals surface area contributed by atoms with Gasteiger partial charge in [0.05, 0.1) is 0 Å². The summed E-state index contributed by atoms with van der Waals surface area (Å²) in [4.78, 5) is 2.43. The lowest BCUT2D eigenvalue weighted by Crippen LogP contribution is -2.51. The molecule has 1 saturated carbocycles. The van der Waals surface area contributed by atoms with E-state index in [1.807, 2.05) is 0 Å². The van der Waals surface area contributed by atoms with Gasteiger partial charge >= 0.3 is 0 Å². The molecule has 1 aliphatic carbocycles. The molecule has 0 atom stereocenters. The van der Waals surface area contributed by atoms with Crippen molar-refractivity contribution in [1.29, 1.82) is 0 Å². The topological polar surface area (TPSA) is 29.3 Å². The van der Waals surface area contributed by atoms with Gasteiger partial charge in [-0.1, -0.05) is 0 Å². The average molecular weight is 154 g/mol. The summed E-state index contributed by atoms with van der Waals surface area (Å²) >= 11 is 0. The Morgan fingerprint density at radius 1 is 1.27 bits per heavy atom. The Kier molecular flexibility index (Phi) is 1.69. The van der Waals surface area contributed by atoms with Crippen molar-refractivity contribution < 1.29 is 0 Å². The van der Waals surface area contributed by atoms with Crippen LogP contribution >= 0.6 is 0 Å². The monoisotopic (exact) mass is 154 g/mol. The largest absolute Gasteiger partial charge is 0.328 e. The van der Waals surface area contributed by atoms with Crippen LogP contribution in [0.15, 0.2) is 0 Å². The highest BCUT2D eigenvalue weighted by Crippen LogP contribution is 2.47. The maximum absolute atomic E-state index is 5.81. The van der Waals surface area contributed by atoms with Crippen molar-refractivity contribution >= 4 is 0 Å². The molecule has 2 N–H and O–H groups in total. The minimum Gasteiger partial charge on any atom is -0.328 e. The summed E-state index contributed by atoms with van der Waals surface area (Å²) in [7, 11) is 2.21. The van der Waals surface area contributed by atoms with Crippen LogP contribution in [-0.4, -0.2) is 31.1 Å². The summed E-state index contributed by atoms with van der Waals surface area (Å²) in [5.74, 6) is 0. The molecule has 11 heavy (non-hydrogen) atoms. The van der Waals surface area contributed by atoms with Crippen LogP contribution in [0, 0.1) is 5.41 Å². The minimum atomic E-state index is 0.526. The van der Waals surface area contributed by atoms with E-state index in [9.17, 15) is 0 Å². The first kappa shape index (κ1) is 7.56. The Morgan fingerprint density at radius 2 is 1.82 bits per heavy atom. The maximum atomic E-state index is 5.81. The van der Waals surface area contributed by atoms with Crippen LogP contribution in [-0.2, 0) is 0 Å². The van der Waals surface area contributed by atoms with Crippen molar-refractivity contribution in [1.82, 2.24) is 4.90 Å². The molecule has 0 bridgehead atoms. The molecule has 2 aliphatic rings. The summed E-state index contributed by atoms with van der Waals surface area (Å²) in [5.41, 5.74) is 6.49. The molecule has 2 rings (SSSR count). The van der Waals surface area contributed by atoms with Crippen LogP contribution < -0.4 is 5.73 Å². The van der Waals surface area contributed by atoms with Gasteiger partial charge in [0.25, 0.3) is 0 Å². The third-order valence-corrected chi connectivity index (χ3v) is 3.44. The van der Waals surface area contributed by atoms with Gasteiger partial charge in [-0.15, -0.1) is 0 Å². The van der Waals surface area contributed by atoms with Gasteiger partial charge in [0.15, 0.2) is 0 Å². The summed E-state index contributed by atoms with van der Waals surface area (Å²) in [5, 5.41) is 0. The Hall–Kier alpha value is -0.0800. The van der Waals surface area contributed by atoms with Crippen molar-refractivity contribution in [3.63, 3.8) is 0 Å². The first-order valence-electron chi connectivity index (χ1n) is 4.64. The predicted molar refractivity (Wildman–Crippen MR) is 46.4 cm³/mol. The third kappa shape index (κ3) is 1.30. The fourth-order valence-electron chi connectivity index (χ4n) is 2.55. The fraction of sp³-hybridized carbons (Fsp3) is 1.00. The van der Waals surface area contributed by atoms with E-state index in [1.54, 1.807) is 0 Å². The Balaban J connectivity index is 1.88. The van der Waals surface area contributed by atoms with Gasteiger partial charge in [-0.2, -0.15) is 0 Å². The number of rotatable bonds is 0. The molecular formula is C9H18N2. The smallest absolute Gasteiger partial charge is 0.00494 e. The van der Waals surface area contributed by atoms with Crippen molar-refractivity contribution in [2.24, 2.45) is 11.1 Å². The quantitative estimate of drug-likeness (QED) is 0.559. The fourth-order valence-corrected chi connectivity index (χ4v) is 2.55. The highest BCUT2D eigenvalue weighted by Gasteiger charge is 2.43. The number of likely N-dealkylation sites (tertiary alicyclic amines) is 1. The summed E-state index contributed by atoms with van der Waals surface area (Å²) in [6.07, 6.45) is 5.36. The van der Waals surface area contributed by atoms with Gasteiger partial charge in [-0.25, -0.2) is 0 Å². The minimum absolute atomic E-state index is 0.526. The standard InChI is InChI=1S/C9H18N2/c1-11-4-2-9(3-5-11)6-8(10)7-9/h8H,2-7,10H2,1H3. The van der Waals surface area contributed by atoms with Gasteiger partial charge in [0.2, 0.25) is 0 Å². The van der Waals surface area contributed by atoms with E-state index < -0.39 is 0 Å². The van der Waals surface area contributed by atoms with E-state index in [2.05, 4.69) is 11.9 Å². The van der Waals surface area contributed by atoms with E-state index in [-0.39, 0.29) is 0 Å². The van der Waals surface area contributed by atoms with E-state index in [0.717, 1.165) is 0 Å². The molecule has 2 nitrogen and oxygen atoms in total. The lowest BCUT2D eigenvalue weighted by atomic mass is 9.61. The molecule has 1 aliphatic heterocycles. The molecule has 0 aromatic rings. The number of nitrogens with zero attached hydrogens (tertiary/aromatic N) is 1. The van der Waals surface area contributed by atoms with Gasteiger partial charge < -0.3 is 10.6 Å². The Labute approximate surface area is 68.7 Å². The van der Waals surface area contributed by atoms with Crippen LogP contribution in [0.5, 0.6) is 0 Å². The SMILES string of the molecule is CN1CCC2(CC1)CC(N)C2. The van der Waals surface area contributed by atoms with Crippen molar-refractivity contribution in [2.45, 2.75) is 31.7 Å². The molecule has 2 fully saturated rings. The lowest BCUT2D eigenvalue weighted by molar-refractivity contribution is 0.0264. The molecular weight excluding hydrogens is 136 g/mol. The second-order valence-electron chi connectivity index (χ2n) is 4.47. The number of piperidine rings is 1. The molecule has 0 amide bonds. The van der Waals surface area contributed by atoms with Crippen LogP contribution in [0.4, 0.5) is 0 Å². The third-order valence-electron chi connectivity index (χ3n) is 3.44. The van der Waals surface area contributed by atoms with Crippen molar-refractivity contribution in [3.8, 4) is 0 Å². The second-order valence-corrected chi connectivity index (χ2v) is 4.47. The maximum Gasteiger partial charge on any atom is 0.00494 e. The van der Waals surface area contributed by atoms with Gasteiger partial charge in [0.1, 0.15) is 0 Å². The number of hydrogen-bond acceptors (Lipinski definition) is 2. The van der Waals surface area contributed by atoms with E-state index in [1.165, 1.54) is 38.8 Å². The summed E-state index contributed by atoms with van der Waals surface area (Å²) in [6.45, 7) is 2.57. The Morgan fingerprint density at radius 3 is 2.27 bits per heavy atom. The zero-order valence-electron chi connectivity index (χ0n) is 7.34. The second kappa shape index (κ2) is 2.46. The highest BCUT2D eigenvalue weighted by atomic mass is 15.1. The van der Waals surface area contributed by atoms with Crippen LogP contribution in [0.1, 0.15) is 25.7 Å². The molecule has 0 aromatic carbocycles. The molecule has 2 heteroatoms. The van der Waals surface area contributed by atoms with Crippen LogP contribution in [0.3, 0.4) is 0 Å². The summed E-state index contributed by atoms with van der Waals surface area (Å²) in [6, 6.07) is 0.526. The highest BCUT2D eigenvalue weighted by molar-refractivity contribution is 4.98. The van der Waals surface area contributed by atoms with Crippen LogP contribution in [0.2, 0.25) is 0 Å². The zero-order chi connectivity index (χ0) is 7.90. The Bertz CT molecular complexity index is 140. The van der Waals surface area contributed by atoms with Gasteiger partial charge in [0, 0.05) is 6.04 Å². The number of nitrogens with two attached hydrogens (primary N) is 1. The summed E-state index contributed by atoms with van der Waals surface area (Å²) < 4.78 is 0. The molecule has 64 valence electrons. The zero-order valence-corrected chi connectivity index (χ0v) is 7.34. The average Bonchev–Trinajstić information content (AvgIpc) is 1.92. The first-order chi connectivity index (χ1) is 5.20. The lowest BCUT2D eigenvalue weighted by Gasteiger charge is -2.50. The molecule has 1 saturated heterocycles. The van der Waals surface area contributed by atoms with E-state index in [4.69, 9.17) is 5.73 Å². The van der Waals surface area contributed by atoms with Gasteiger partial charge in [-0.3, -0.25) is 0 Å². The molecule has 0 aromatic heterocycles. The predicted octanol–water partition coefficient (Wildman–Crippen LogP) is 0.820. The number of hydrogen-bond donors (Lipinski definition) is 1. The molecule has 0 unspecified atom stereocenters. The van der Waals surface area contributed by atoms with E-state index in [0.29, 0.717) is 11.5 Å². The molecule has 1 spiro atoms. The van der Waals surface area contributed by atoms with Crippen LogP contribution in [0.25, 0.3) is 0 Å².